The van der Waals surface area contributed by atoms with E-state index in [0.29, 0.717) is 23.7 Å². The molecular formula is C13H18ClNO3. The molecule has 18 heavy (non-hydrogen) atoms. The van der Waals surface area contributed by atoms with Crippen LogP contribution in [0.1, 0.15) is 19.4 Å². The lowest BCUT2D eigenvalue weighted by Crippen LogP contribution is -2.25. The molecule has 4 nitrogen and oxygen atoms in total. The van der Waals surface area contributed by atoms with Gasteiger partial charge in [-0.3, -0.25) is 0 Å². The highest BCUT2D eigenvalue weighted by atomic mass is 35.5. The Hall–Kier alpha value is -1.42. The number of amides is 1. The highest BCUT2D eigenvalue weighted by Crippen LogP contribution is 2.26. The van der Waals surface area contributed by atoms with Gasteiger partial charge in [0.1, 0.15) is 5.75 Å². The van der Waals surface area contributed by atoms with Crippen molar-refractivity contribution in [3.63, 3.8) is 0 Å². The quantitative estimate of drug-likeness (QED) is 0.895. The Balaban J connectivity index is 2.53. The highest BCUT2D eigenvalue weighted by molar-refractivity contribution is 6.32. The van der Waals surface area contributed by atoms with Gasteiger partial charge >= 0.3 is 6.09 Å². The molecule has 0 atom stereocenters. The summed E-state index contributed by atoms with van der Waals surface area (Å²) in [5.41, 5.74) is 1.03. The number of hydrogen-bond donors (Lipinski definition) is 1. The summed E-state index contributed by atoms with van der Waals surface area (Å²) in [4.78, 5) is 10.9. The molecule has 100 valence electrons. The summed E-state index contributed by atoms with van der Waals surface area (Å²) in [6.45, 7) is 4.41. The standard InChI is InChI=1S/C13H18ClNO3/c1-9(2)18-12-5-4-10(8-11(12)14)6-7-15-13(16)17-3/h4-5,8-9H,6-7H2,1-3H3,(H,15,16). The van der Waals surface area contributed by atoms with E-state index in [-0.39, 0.29) is 6.10 Å². The van der Waals surface area contributed by atoms with Crippen molar-refractivity contribution in [2.24, 2.45) is 0 Å². The molecule has 0 aromatic heterocycles. The summed E-state index contributed by atoms with van der Waals surface area (Å²) in [5.74, 6) is 0.677. The normalized spacial score (nSPS) is 10.3. The van der Waals surface area contributed by atoms with E-state index in [1.807, 2.05) is 32.0 Å². The lowest BCUT2D eigenvalue weighted by Gasteiger charge is -2.12. The maximum atomic E-state index is 10.9. The summed E-state index contributed by atoms with van der Waals surface area (Å²) in [6.07, 6.45) is 0.353. The molecule has 1 aromatic rings. The van der Waals surface area contributed by atoms with Crippen LogP contribution in [0.2, 0.25) is 5.02 Å². The smallest absolute Gasteiger partial charge is 0.406 e. The van der Waals surface area contributed by atoms with Crippen LogP contribution in [0.5, 0.6) is 5.75 Å². The first-order valence-corrected chi connectivity index (χ1v) is 6.17. The topological polar surface area (TPSA) is 47.6 Å². The molecule has 0 aliphatic carbocycles. The van der Waals surface area contributed by atoms with E-state index in [4.69, 9.17) is 16.3 Å². The van der Waals surface area contributed by atoms with Gasteiger partial charge in [-0.15, -0.1) is 0 Å². The zero-order valence-electron chi connectivity index (χ0n) is 10.8. The van der Waals surface area contributed by atoms with Crippen molar-refractivity contribution in [3.05, 3.63) is 28.8 Å². The molecular weight excluding hydrogens is 254 g/mol. The van der Waals surface area contributed by atoms with Gasteiger partial charge in [-0.05, 0) is 38.0 Å². The average molecular weight is 272 g/mol. The van der Waals surface area contributed by atoms with E-state index in [2.05, 4.69) is 10.1 Å². The molecule has 1 N–H and O–H groups in total. The molecule has 0 aliphatic heterocycles. The van der Waals surface area contributed by atoms with Gasteiger partial charge in [0, 0.05) is 6.54 Å². The number of hydrogen-bond acceptors (Lipinski definition) is 3. The molecule has 0 heterocycles. The highest BCUT2D eigenvalue weighted by Gasteiger charge is 2.05. The fraction of sp³-hybridized carbons (Fsp3) is 0.462. The fourth-order valence-electron chi connectivity index (χ4n) is 1.43. The Morgan fingerprint density at radius 2 is 2.17 bits per heavy atom. The second-order valence-corrected chi connectivity index (χ2v) is 4.51. The largest absolute Gasteiger partial charge is 0.489 e. The molecule has 0 unspecified atom stereocenters. The Morgan fingerprint density at radius 1 is 1.44 bits per heavy atom. The SMILES string of the molecule is COC(=O)NCCc1ccc(OC(C)C)c(Cl)c1. The molecule has 5 heteroatoms. The van der Waals surface area contributed by atoms with E-state index in [1.165, 1.54) is 7.11 Å². The zero-order chi connectivity index (χ0) is 13.5. The van der Waals surface area contributed by atoms with E-state index in [9.17, 15) is 4.79 Å². The summed E-state index contributed by atoms with van der Waals surface area (Å²) < 4.78 is 10.0. The number of methoxy groups -OCH3 is 1. The molecule has 0 fully saturated rings. The van der Waals surface area contributed by atoms with Crippen molar-refractivity contribution in [3.8, 4) is 5.75 Å². The van der Waals surface area contributed by atoms with Gasteiger partial charge in [0.2, 0.25) is 0 Å². The Morgan fingerprint density at radius 3 is 2.72 bits per heavy atom. The lowest BCUT2D eigenvalue weighted by molar-refractivity contribution is 0.171. The second kappa shape index (κ2) is 7.11. The van der Waals surface area contributed by atoms with Crippen LogP contribution in [0.15, 0.2) is 18.2 Å². The van der Waals surface area contributed by atoms with Crippen molar-refractivity contribution in [1.82, 2.24) is 5.32 Å². The van der Waals surface area contributed by atoms with Crippen molar-refractivity contribution >= 4 is 17.7 Å². The predicted molar refractivity (Wildman–Crippen MR) is 71.3 cm³/mol. The van der Waals surface area contributed by atoms with Crippen LogP contribution >= 0.6 is 11.6 Å². The number of carbonyl (C=O) groups excluding carboxylic acids is 1. The maximum Gasteiger partial charge on any atom is 0.406 e. The third-order valence-corrected chi connectivity index (χ3v) is 2.52. The van der Waals surface area contributed by atoms with Gasteiger partial charge in [-0.2, -0.15) is 0 Å². The van der Waals surface area contributed by atoms with Gasteiger partial charge in [0.25, 0.3) is 0 Å². The summed E-state index contributed by atoms with van der Waals surface area (Å²) >= 11 is 6.11. The first-order chi connectivity index (χ1) is 8.52. The minimum Gasteiger partial charge on any atom is -0.489 e. The van der Waals surface area contributed by atoms with Crippen LogP contribution in [0.4, 0.5) is 4.79 Å². The van der Waals surface area contributed by atoms with Crippen LogP contribution in [0, 0.1) is 0 Å². The predicted octanol–water partition coefficient (Wildman–Crippen LogP) is 3.03. The Bertz CT molecular complexity index is 407. The van der Waals surface area contributed by atoms with Crippen molar-refractivity contribution in [1.29, 1.82) is 0 Å². The van der Waals surface area contributed by atoms with Gasteiger partial charge in [0.15, 0.2) is 0 Å². The number of alkyl carbamates (subject to hydrolysis) is 1. The molecule has 1 rings (SSSR count). The van der Waals surface area contributed by atoms with E-state index >= 15 is 0 Å². The minimum atomic E-state index is -0.430. The van der Waals surface area contributed by atoms with Crippen molar-refractivity contribution in [2.75, 3.05) is 13.7 Å². The molecule has 0 bridgehead atoms. The van der Waals surface area contributed by atoms with Gasteiger partial charge in [-0.1, -0.05) is 17.7 Å². The van der Waals surface area contributed by atoms with Crippen LogP contribution in [-0.4, -0.2) is 25.9 Å². The maximum absolute atomic E-state index is 10.9. The fourth-order valence-corrected chi connectivity index (χ4v) is 1.68. The third-order valence-electron chi connectivity index (χ3n) is 2.23. The monoisotopic (exact) mass is 271 g/mol. The minimum absolute atomic E-state index is 0.0920. The number of carbonyl (C=O) groups is 1. The molecule has 0 saturated heterocycles. The zero-order valence-corrected chi connectivity index (χ0v) is 11.6. The number of halogens is 1. The molecule has 0 spiro atoms. The Labute approximate surface area is 112 Å². The van der Waals surface area contributed by atoms with E-state index in [0.717, 1.165) is 5.56 Å². The van der Waals surface area contributed by atoms with Crippen molar-refractivity contribution < 1.29 is 14.3 Å². The van der Waals surface area contributed by atoms with Crippen LogP contribution in [0.25, 0.3) is 0 Å². The first-order valence-electron chi connectivity index (χ1n) is 5.80. The van der Waals surface area contributed by atoms with Crippen LogP contribution < -0.4 is 10.1 Å². The summed E-state index contributed by atoms with van der Waals surface area (Å²) in [7, 11) is 1.34. The number of rotatable bonds is 5. The van der Waals surface area contributed by atoms with E-state index < -0.39 is 6.09 Å². The molecule has 1 amide bonds. The molecule has 0 radical (unpaired) electrons. The lowest BCUT2D eigenvalue weighted by atomic mass is 10.1. The number of ether oxygens (including phenoxy) is 2. The van der Waals surface area contributed by atoms with Crippen LogP contribution in [-0.2, 0) is 11.2 Å². The van der Waals surface area contributed by atoms with Crippen LogP contribution in [0.3, 0.4) is 0 Å². The molecule has 0 aliphatic rings. The second-order valence-electron chi connectivity index (χ2n) is 4.10. The summed E-state index contributed by atoms with van der Waals surface area (Å²) in [5, 5.41) is 3.19. The third kappa shape index (κ3) is 4.84. The van der Waals surface area contributed by atoms with Gasteiger partial charge in [0.05, 0.1) is 18.2 Å². The van der Waals surface area contributed by atoms with Gasteiger partial charge in [-0.25, -0.2) is 4.79 Å². The molecule has 1 aromatic carbocycles. The number of nitrogens with one attached hydrogen (secondary N) is 1. The van der Waals surface area contributed by atoms with Gasteiger partial charge < -0.3 is 14.8 Å². The molecule has 0 saturated carbocycles. The first kappa shape index (κ1) is 14.6. The average Bonchev–Trinajstić information content (AvgIpc) is 2.32. The van der Waals surface area contributed by atoms with E-state index in [1.54, 1.807) is 0 Å². The Kier molecular flexibility index (Phi) is 5.78. The number of benzene rings is 1. The summed E-state index contributed by atoms with van der Waals surface area (Å²) in [6, 6.07) is 5.62. The van der Waals surface area contributed by atoms with Crippen molar-refractivity contribution in [2.45, 2.75) is 26.4 Å².